The first-order valence-electron chi connectivity index (χ1n) is 8.48. The SMILES string of the molecule is NCC[C@H](O)C(=O)N[C@@H]1C[C@H](N)C[C@H](O[C@H]2CC[C@@H](CO)O2)[C@H]1O. The molecule has 2 aliphatic rings. The number of nitrogens with two attached hydrogens (primary N) is 2. The van der Waals surface area contributed by atoms with Gasteiger partial charge in [0.05, 0.1) is 24.9 Å². The predicted octanol–water partition coefficient (Wildman–Crippen LogP) is -2.45. The van der Waals surface area contributed by atoms with E-state index in [0.29, 0.717) is 25.7 Å². The van der Waals surface area contributed by atoms with E-state index < -0.39 is 36.6 Å². The van der Waals surface area contributed by atoms with Crippen molar-refractivity contribution in [1.29, 1.82) is 0 Å². The molecule has 0 bridgehead atoms. The minimum Gasteiger partial charge on any atom is -0.394 e. The molecule has 24 heavy (non-hydrogen) atoms. The Kier molecular flexibility index (Phi) is 7.35. The Morgan fingerprint density at radius 2 is 2.12 bits per heavy atom. The molecule has 140 valence electrons. The summed E-state index contributed by atoms with van der Waals surface area (Å²) in [5, 5.41) is 31.9. The van der Waals surface area contributed by atoms with Crippen LogP contribution in [-0.2, 0) is 14.3 Å². The Hall–Kier alpha value is -0.810. The van der Waals surface area contributed by atoms with Crippen LogP contribution in [0.4, 0.5) is 0 Å². The molecular weight excluding hydrogens is 318 g/mol. The second-order valence-electron chi connectivity index (χ2n) is 6.55. The Balaban J connectivity index is 1.90. The number of hydrogen-bond acceptors (Lipinski definition) is 8. The fourth-order valence-electron chi connectivity index (χ4n) is 3.21. The third-order valence-corrected chi connectivity index (χ3v) is 4.55. The molecule has 9 heteroatoms. The van der Waals surface area contributed by atoms with Gasteiger partial charge in [-0.05, 0) is 32.2 Å². The van der Waals surface area contributed by atoms with E-state index in [9.17, 15) is 15.0 Å². The van der Waals surface area contributed by atoms with Crippen molar-refractivity contribution in [3.63, 3.8) is 0 Å². The lowest BCUT2D eigenvalue weighted by Gasteiger charge is -2.39. The van der Waals surface area contributed by atoms with Crippen LogP contribution in [0.25, 0.3) is 0 Å². The molecular formula is C15H29N3O6. The Morgan fingerprint density at radius 3 is 2.75 bits per heavy atom. The molecule has 0 spiro atoms. The lowest BCUT2D eigenvalue weighted by molar-refractivity contribution is -0.199. The number of carbonyl (C=O) groups excluding carboxylic acids is 1. The highest BCUT2D eigenvalue weighted by atomic mass is 16.7. The average Bonchev–Trinajstić information content (AvgIpc) is 2.99. The highest BCUT2D eigenvalue weighted by Crippen LogP contribution is 2.27. The second-order valence-corrected chi connectivity index (χ2v) is 6.55. The van der Waals surface area contributed by atoms with Crippen molar-refractivity contribution in [2.75, 3.05) is 13.2 Å². The fraction of sp³-hybridized carbons (Fsp3) is 0.933. The molecule has 8 N–H and O–H groups in total. The van der Waals surface area contributed by atoms with Gasteiger partial charge in [0.15, 0.2) is 6.29 Å². The second kappa shape index (κ2) is 9.04. The van der Waals surface area contributed by atoms with E-state index in [1.54, 1.807) is 0 Å². The summed E-state index contributed by atoms with van der Waals surface area (Å²) >= 11 is 0. The topological polar surface area (TPSA) is 160 Å². The Bertz CT molecular complexity index is 413. The molecule has 1 aliphatic carbocycles. The van der Waals surface area contributed by atoms with Crippen molar-refractivity contribution in [3.8, 4) is 0 Å². The molecule has 1 aliphatic heterocycles. The molecule has 1 heterocycles. The highest BCUT2D eigenvalue weighted by Gasteiger charge is 2.40. The van der Waals surface area contributed by atoms with Crippen LogP contribution in [0.15, 0.2) is 0 Å². The van der Waals surface area contributed by atoms with E-state index in [1.165, 1.54) is 0 Å². The number of aliphatic hydroxyl groups excluding tert-OH is 3. The maximum atomic E-state index is 11.9. The van der Waals surface area contributed by atoms with Crippen LogP contribution < -0.4 is 16.8 Å². The summed E-state index contributed by atoms with van der Waals surface area (Å²) in [5.41, 5.74) is 11.3. The quantitative estimate of drug-likeness (QED) is 0.296. The van der Waals surface area contributed by atoms with E-state index in [-0.39, 0.29) is 31.7 Å². The summed E-state index contributed by atoms with van der Waals surface area (Å²) in [6.07, 6.45) is -1.14. The van der Waals surface area contributed by atoms with Gasteiger partial charge in [0, 0.05) is 12.5 Å². The summed E-state index contributed by atoms with van der Waals surface area (Å²) in [7, 11) is 0. The Morgan fingerprint density at radius 1 is 1.38 bits per heavy atom. The maximum absolute atomic E-state index is 11.9. The lowest BCUT2D eigenvalue weighted by atomic mass is 9.86. The van der Waals surface area contributed by atoms with Crippen molar-refractivity contribution in [3.05, 3.63) is 0 Å². The number of nitrogens with one attached hydrogen (secondary N) is 1. The molecule has 0 radical (unpaired) electrons. The van der Waals surface area contributed by atoms with Crippen LogP contribution in [0, 0.1) is 0 Å². The molecule has 1 saturated carbocycles. The van der Waals surface area contributed by atoms with Gasteiger partial charge < -0.3 is 41.6 Å². The minimum absolute atomic E-state index is 0.0652. The van der Waals surface area contributed by atoms with E-state index in [2.05, 4.69) is 5.32 Å². The van der Waals surface area contributed by atoms with Crippen LogP contribution in [0.1, 0.15) is 32.1 Å². The number of aliphatic hydroxyl groups is 3. The van der Waals surface area contributed by atoms with Gasteiger partial charge in [0.1, 0.15) is 12.2 Å². The third-order valence-electron chi connectivity index (χ3n) is 4.55. The van der Waals surface area contributed by atoms with Gasteiger partial charge in [-0.3, -0.25) is 4.79 Å². The largest absolute Gasteiger partial charge is 0.394 e. The maximum Gasteiger partial charge on any atom is 0.249 e. The molecule has 2 rings (SSSR count). The van der Waals surface area contributed by atoms with Crippen LogP contribution >= 0.6 is 0 Å². The van der Waals surface area contributed by atoms with Gasteiger partial charge in [-0.25, -0.2) is 0 Å². The number of amides is 1. The third kappa shape index (κ3) is 5.09. The van der Waals surface area contributed by atoms with Gasteiger partial charge in [-0.2, -0.15) is 0 Å². The zero-order valence-electron chi connectivity index (χ0n) is 13.7. The van der Waals surface area contributed by atoms with Crippen LogP contribution in [-0.4, -0.2) is 77.2 Å². The van der Waals surface area contributed by atoms with Crippen molar-refractivity contribution in [1.82, 2.24) is 5.32 Å². The summed E-state index contributed by atoms with van der Waals surface area (Å²) < 4.78 is 11.3. The molecule has 7 atom stereocenters. The summed E-state index contributed by atoms with van der Waals surface area (Å²) in [6.45, 7) is 0.127. The zero-order valence-corrected chi connectivity index (χ0v) is 13.7. The number of rotatable bonds is 7. The first kappa shape index (κ1) is 19.5. The highest BCUT2D eigenvalue weighted by molar-refractivity contribution is 5.80. The fourth-order valence-corrected chi connectivity index (χ4v) is 3.21. The van der Waals surface area contributed by atoms with Crippen molar-refractivity contribution in [2.24, 2.45) is 11.5 Å². The van der Waals surface area contributed by atoms with Crippen molar-refractivity contribution >= 4 is 5.91 Å². The first-order valence-corrected chi connectivity index (χ1v) is 8.48. The molecule has 2 fully saturated rings. The summed E-state index contributed by atoms with van der Waals surface area (Å²) in [6, 6.07) is -0.848. The molecule has 1 saturated heterocycles. The van der Waals surface area contributed by atoms with Gasteiger partial charge >= 0.3 is 0 Å². The normalized spacial score (nSPS) is 38.0. The summed E-state index contributed by atoms with van der Waals surface area (Å²) in [4.78, 5) is 11.9. The van der Waals surface area contributed by atoms with E-state index >= 15 is 0 Å². The minimum atomic E-state index is -1.21. The van der Waals surface area contributed by atoms with Gasteiger partial charge in [-0.1, -0.05) is 0 Å². The van der Waals surface area contributed by atoms with Crippen molar-refractivity contribution < 1.29 is 29.6 Å². The molecule has 0 aromatic carbocycles. The van der Waals surface area contributed by atoms with E-state index in [1.807, 2.05) is 0 Å². The number of ether oxygens (including phenoxy) is 2. The van der Waals surface area contributed by atoms with Gasteiger partial charge in [0.2, 0.25) is 5.91 Å². The van der Waals surface area contributed by atoms with E-state index in [0.717, 1.165) is 0 Å². The molecule has 0 aromatic rings. The molecule has 0 aromatic heterocycles. The van der Waals surface area contributed by atoms with Crippen LogP contribution in [0.5, 0.6) is 0 Å². The first-order chi connectivity index (χ1) is 11.4. The van der Waals surface area contributed by atoms with Gasteiger partial charge in [-0.15, -0.1) is 0 Å². The Labute approximate surface area is 141 Å². The van der Waals surface area contributed by atoms with Crippen LogP contribution in [0.2, 0.25) is 0 Å². The average molecular weight is 347 g/mol. The lowest BCUT2D eigenvalue weighted by Crippen LogP contribution is -2.58. The molecule has 0 unspecified atom stereocenters. The smallest absolute Gasteiger partial charge is 0.249 e. The standard InChI is InChI=1S/C15H29N3O6/c16-4-3-11(20)15(22)18-10-5-8(17)6-12(14(10)21)24-13-2-1-9(7-19)23-13/h8-14,19-21H,1-7,16-17H2,(H,18,22)/t8-,9-,10+,11-,12-,13-,14-/m0/s1. The summed E-state index contributed by atoms with van der Waals surface area (Å²) in [5.74, 6) is -0.574. The molecule has 1 amide bonds. The number of hydrogen-bond donors (Lipinski definition) is 6. The number of carbonyl (C=O) groups is 1. The van der Waals surface area contributed by atoms with Crippen molar-refractivity contribution in [2.45, 2.75) is 74.9 Å². The monoisotopic (exact) mass is 347 g/mol. The zero-order chi connectivity index (χ0) is 17.7. The predicted molar refractivity (Wildman–Crippen MR) is 84.7 cm³/mol. The van der Waals surface area contributed by atoms with E-state index in [4.69, 9.17) is 26.0 Å². The molecule has 9 nitrogen and oxygen atoms in total. The van der Waals surface area contributed by atoms with Gasteiger partial charge in [0.25, 0.3) is 0 Å². The van der Waals surface area contributed by atoms with Crippen LogP contribution in [0.3, 0.4) is 0 Å².